The maximum atomic E-state index is 11.3. The second-order valence-corrected chi connectivity index (χ2v) is 5.68. The predicted molar refractivity (Wildman–Crippen MR) is 81.1 cm³/mol. The molecule has 2 rings (SSSR count). The molecule has 0 spiro atoms. The van der Waals surface area contributed by atoms with Gasteiger partial charge in [0, 0.05) is 22.7 Å². The number of hydrogen-bond donors (Lipinski definition) is 2. The van der Waals surface area contributed by atoms with E-state index < -0.39 is 16.3 Å². The van der Waals surface area contributed by atoms with Crippen LogP contribution in [0.4, 0.5) is 0 Å². The zero-order valence-electron chi connectivity index (χ0n) is 10.6. The molecule has 0 aliphatic rings. The quantitative estimate of drug-likeness (QED) is 0.658. The maximum absolute atomic E-state index is 11.3. The van der Waals surface area contributed by atoms with E-state index in [4.69, 9.17) is 28.9 Å². The first-order valence-corrected chi connectivity index (χ1v) is 6.78. The van der Waals surface area contributed by atoms with Crippen LogP contribution < -0.4 is 5.73 Å². The van der Waals surface area contributed by atoms with Gasteiger partial charge in [-0.3, -0.25) is 0 Å². The largest absolute Gasteiger partial charge is 0.480 e. The minimum Gasteiger partial charge on any atom is -0.480 e. The van der Waals surface area contributed by atoms with Crippen LogP contribution in [0.2, 0.25) is 0 Å². The number of alkyl halides is 2. The third-order valence-electron chi connectivity index (χ3n) is 3.25. The molecule has 6 heteroatoms. The lowest BCUT2D eigenvalue weighted by Gasteiger charge is -2.21. The van der Waals surface area contributed by atoms with Crippen LogP contribution in [0, 0.1) is 0 Å². The molecule has 1 aromatic heterocycles. The third-order valence-corrected chi connectivity index (χ3v) is 3.72. The van der Waals surface area contributed by atoms with Gasteiger partial charge in [-0.15, -0.1) is 6.58 Å². The fourth-order valence-electron chi connectivity index (χ4n) is 2.08. The number of hydrogen-bond acceptors (Lipinski definition) is 2. The second kappa shape index (κ2) is 5.48. The van der Waals surface area contributed by atoms with Crippen LogP contribution in [-0.4, -0.2) is 21.2 Å². The highest BCUT2D eigenvalue weighted by Gasteiger charge is 2.31. The van der Waals surface area contributed by atoms with Gasteiger partial charge in [-0.2, -0.15) is 0 Å². The summed E-state index contributed by atoms with van der Waals surface area (Å²) in [5.74, 6) is -1.14. The molecular formula is C14H14Cl2N2O2. The second-order valence-electron chi connectivity index (χ2n) is 4.58. The molecule has 0 aliphatic carbocycles. The molecule has 4 nitrogen and oxygen atoms in total. The molecule has 0 aliphatic heterocycles. The van der Waals surface area contributed by atoms with Gasteiger partial charge in [-0.25, -0.2) is 4.79 Å². The molecular weight excluding hydrogens is 299 g/mol. The van der Waals surface area contributed by atoms with Crippen molar-refractivity contribution in [1.29, 1.82) is 0 Å². The third kappa shape index (κ3) is 2.54. The van der Waals surface area contributed by atoms with Crippen molar-refractivity contribution in [2.24, 2.45) is 5.73 Å². The summed E-state index contributed by atoms with van der Waals surface area (Å²) in [7, 11) is 0. The van der Waals surface area contributed by atoms with Gasteiger partial charge in [0.1, 0.15) is 4.84 Å². The molecule has 0 amide bonds. The van der Waals surface area contributed by atoms with E-state index in [0.29, 0.717) is 0 Å². The minimum absolute atomic E-state index is 0.0485. The van der Waals surface area contributed by atoms with Crippen LogP contribution in [0.15, 0.2) is 43.1 Å². The topological polar surface area (TPSA) is 68.2 Å². The Kier molecular flexibility index (Phi) is 4.09. The highest BCUT2D eigenvalue weighted by molar-refractivity contribution is 6.44. The smallest absolute Gasteiger partial charge is 0.329 e. The van der Waals surface area contributed by atoms with Crippen LogP contribution in [0.1, 0.15) is 10.4 Å². The number of para-hydroxylation sites is 1. The molecule has 0 bridgehead atoms. The van der Waals surface area contributed by atoms with E-state index in [0.717, 1.165) is 16.5 Å². The minimum atomic E-state index is -1.55. The first kappa shape index (κ1) is 14.9. The Hall–Kier alpha value is -1.49. The predicted octanol–water partition coefficient (Wildman–Crippen LogP) is 3.09. The standard InChI is InChI=1S/C14H14Cl2N2O2/c1-2-14(17,13(19)20)8-18-7-10(12(15)16)9-5-3-4-6-11(9)18/h2-7,12H,1,8,17H2,(H,19,20). The summed E-state index contributed by atoms with van der Waals surface area (Å²) in [4.78, 5) is 10.6. The van der Waals surface area contributed by atoms with Crippen LogP contribution in [0.25, 0.3) is 10.9 Å². The zero-order valence-corrected chi connectivity index (χ0v) is 12.1. The van der Waals surface area contributed by atoms with E-state index in [1.54, 1.807) is 10.8 Å². The summed E-state index contributed by atoms with van der Waals surface area (Å²) < 4.78 is 1.73. The van der Waals surface area contributed by atoms with Gasteiger partial charge in [0.05, 0.1) is 6.54 Å². The molecule has 0 saturated heterocycles. The first-order valence-electron chi connectivity index (χ1n) is 5.91. The van der Waals surface area contributed by atoms with Crippen molar-refractivity contribution < 1.29 is 9.90 Å². The van der Waals surface area contributed by atoms with Gasteiger partial charge in [0.25, 0.3) is 0 Å². The van der Waals surface area contributed by atoms with Crippen LogP contribution >= 0.6 is 23.2 Å². The van der Waals surface area contributed by atoms with Crippen molar-refractivity contribution in [3.8, 4) is 0 Å². The lowest BCUT2D eigenvalue weighted by Crippen LogP contribution is -2.49. The maximum Gasteiger partial charge on any atom is 0.329 e. The Labute approximate surface area is 126 Å². The average Bonchev–Trinajstić information content (AvgIpc) is 2.77. The number of benzene rings is 1. The van der Waals surface area contributed by atoms with E-state index >= 15 is 0 Å². The molecule has 1 heterocycles. The Morgan fingerprint density at radius 2 is 2.15 bits per heavy atom. The fourth-order valence-corrected chi connectivity index (χ4v) is 2.43. The Balaban J connectivity index is 2.55. The molecule has 1 unspecified atom stereocenters. The summed E-state index contributed by atoms with van der Waals surface area (Å²) in [5, 5.41) is 10.1. The molecule has 0 fully saturated rings. The molecule has 20 heavy (non-hydrogen) atoms. The highest BCUT2D eigenvalue weighted by Crippen LogP contribution is 2.33. The van der Waals surface area contributed by atoms with Crippen LogP contribution in [-0.2, 0) is 11.3 Å². The number of carboxylic acids is 1. The van der Waals surface area contributed by atoms with E-state index in [1.165, 1.54) is 6.08 Å². The summed E-state index contributed by atoms with van der Waals surface area (Å²) in [6.45, 7) is 3.55. The van der Waals surface area contributed by atoms with E-state index in [9.17, 15) is 9.90 Å². The number of aromatic nitrogens is 1. The van der Waals surface area contributed by atoms with Crippen molar-refractivity contribution in [2.75, 3.05) is 0 Å². The lowest BCUT2D eigenvalue weighted by atomic mass is 10.0. The van der Waals surface area contributed by atoms with Crippen molar-refractivity contribution >= 4 is 40.1 Å². The van der Waals surface area contributed by atoms with Crippen LogP contribution in [0.3, 0.4) is 0 Å². The Morgan fingerprint density at radius 1 is 1.50 bits per heavy atom. The Bertz CT molecular complexity index is 666. The SMILES string of the molecule is C=CC(N)(Cn1cc(C(Cl)Cl)c2ccccc21)C(=O)O. The van der Waals surface area contributed by atoms with Crippen molar-refractivity contribution in [3.63, 3.8) is 0 Å². The first-order chi connectivity index (χ1) is 9.39. The summed E-state index contributed by atoms with van der Waals surface area (Å²) >= 11 is 11.9. The number of rotatable bonds is 5. The number of carbonyl (C=O) groups is 1. The zero-order chi connectivity index (χ0) is 14.9. The van der Waals surface area contributed by atoms with E-state index in [-0.39, 0.29) is 6.54 Å². The molecule has 0 saturated carbocycles. The van der Waals surface area contributed by atoms with Crippen molar-refractivity contribution in [1.82, 2.24) is 4.57 Å². The molecule has 3 N–H and O–H groups in total. The summed E-state index contributed by atoms with van der Waals surface area (Å²) in [6, 6.07) is 7.46. The van der Waals surface area contributed by atoms with Gasteiger partial charge in [0.15, 0.2) is 5.54 Å². The monoisotopic (exact) mass is 312 g/mol. The van der Waals surface area contributed by atoms with Gasteiger partial charge in [0.2, 0.25) is 0 Å². The van der Waals surface area contributed by atoms with Crippen molar-refractivity contribution in [3.05, 3.63) is 48.7 Å². The fraction of sp³-hybridized carbons (Fsp3) is 0.214. The summed E-state index contributed by atoms with van der Waals surface area (Å²) in [6.07, 6.45) is 2.95. The van der Waals surface area contributed by atoms with Gasteiger partial charge < -0.3 is 15.4 Å². The molecule has 1 aromatic carbocycles. The number of nitrogens with zero attached hydrogens (tertiary/aromatic N) is 1. The van der Waals surface area contributed by atoms with Gasteiger partial charge in [-0.05, 0) is 6.07 Å². The van der Waals surface area contributed by atoms with Crippen LogP contribution in [0.5, 0.6) is 0 Å². The normalized spacial score (nSPS) is 14.4. The number of fused-ring (bicyclic) bond motifs is 1. The van der Waals surface area contributed by atoms with E-state index in [1.807, 2.05) is 24.3 Å². The van der Waals surface area contributed by atoms with Gasteiger partial charge in [-0.1, -0.05) is 47.5 Å². The average molecular weight is 313 g/mol. The number of carboxylic acid groups (broad SMARTS) is 1. The highest BCUT2D eigenvalue weighted by atomic mass is 35.5. The number of halogens is 2. The lowest BCUT2D eigenvalue weighted by molar-refractivity contribution is -0.141. The Morgan fingerprint density at radius 3 is 2.70 bits per heavy atom. The summed E-state index contributed by atoms with van der Waals surface area (Å²) in [5.41, 5.74) is 5.84. The number of aliphatic carboxylic acids is 1. The molecule has 106 valence electrons. The van der Waals surface area contributed by atoms with E-state index in [2.05, 4.69) is 6.58 Å². The molecule has 0 radical (unpaired) electrons. The number of nitrogens with two attached hydrogens (primary N) is 1. The van der Waals surface area contributed by atoms with Gasteiger partial charge >= 0.3 is 5.97 Å². The molecule has 2 aromatic rings. The van der Waals surface area contributed by atoms with Crippen molar-refractivity contribution in [2.45, 2.75) is 16.9 Å². The molecule has 1 atom stereocenters.